The number of carbonyl (C=O) groups excluding carboxylic acids is 1. The Kier molecular flexibility index (Phi) is 4.64. The Morgan fingerprint density at radius 1 is 1.33 bits per heavy atom. The van der Waals surface area contributed by atoms with Crippen LogP contribution in [0, 0.1) is 11.6 Å². The van der Waals surface area contributed by atoms with Crippen molar-refractivity contribution in [1.82, 2.24) is 4.90 Å². The summed E-state index contributed by atoms with van der Waals surface area (Å²) in [5, 5.41) is 9.93. The average molecular weight is 337 g/mol. The summed E-state index contributed by atoms with van der Waals surface area (Å²) in [4.78, 5) is 14.1. The van der Waals surface area contributed by atoms with Gasteiger partial charge in [-0.3, -0.25) is 4.79 Å². The van der Waals surface area contributed by atoms with Crippen molar-refractivity contribution in [3.05, 3.63) is 59.1 Å². The third-order valence-corrected chi connectivity index (χ3v) is 4.03. The topological polar surface area (TPSA) is 62.9 Å². The fraction of sp³-hybridized carbons (Fsp3) is 0.353. The highest BCUT2D eigenvalue weighted by molar-refractivity contribution is 5.92. The molecule has 1 aromatic heterocycles. The Morgan fingerprint density at radius 3 is 2.83 bits per heavy atom. The number of methoxy groups -OCH3 is 1. The first-order valence-corrected chi connectivity index (χ1v) is 7.51. The van der Waals surface area contributed by atoms with E-state index in [0.29, 0.717) is 11.3 Å². The van der Waals surface area contributed by atoms with Crippen molar-refractivity contribution < 1.29 is 27.8 Å². The molecule has 2 heterocycles. The van der Waals surface area contributed by atoms with Gasteiger partial charge in [0.25, 0.3) is 5.91 Å². The first-order chi connectivity index (χ1) is 11.5. The van der Waals surface area contributed by atoms with Crippen molar-refractivity contribution in [2.45, 2.75) is 25.2 Å². The average Bonchev–Trinajstić information content (AvgIpc) is 3.16. The predicted molar refractivity (Wildman–Crippen MR) is 80.2 cm³/mol. The van der Waals surface area contributed by atoms with E-state index in [0.717, 1.165) is 12.1 Å². The van der Waals surface area contributed by atoms with Gasteiger partial charge in [-0.1, -0.05) is 6.07 Å². The summed E-state index contributed by atoms with van der Waals surface area (Å²) in [6, 6.07) is 6.11. The van der Waals surface area contributed by atoms with Crippen LogP contribution < -0.4 is 0 Å². The highest BCUT2D eigenvalue weighted by Gasteiger charge is 2.37. The molecule has 2 aromatic rings. The van der Waals surface area contributed by atoms with Crippen LogP contribution in [0.3, 0.4) is 0 Å². The number of β-amino-alcohol motifs (C(OH)–C–C–N with tert-alkyl or cyclic N) is 1. The quantitative estimate of drug-likeness (QED) is 0.932. The number of carbonyl (C=O) groups is 1. The maximum atomic E-state index is 13.5. The second kappa shape index (κ2) is 6.70. The van der Waals surface area contributed by atoms with Gasteiger partial charge in [-0.25, -0.2) is 8.78 Å². The molecule has 0 aliphatic carbocycles. The normalized spacial score (nSPS) is 20.6. The van der Waals surface area contributed by atoms with Gasteiger partial charge >= 0.3 is 0 Å². The molecule has 3 rings (SSSR count). The number of ether oxygens (including phenoxy) is 1. The lowest BCUT2D eigenvalue weighted by Gasteiger charge is -2.24. The summed E-state index contributed by atoms with van der Waals surface area (Å²) < 4.78 is 37.0. The molecule has 1 fully saturated rings. The van der Waals surface area contributed by atoms with Crippen LogP contribution in [0.1, 0.15) is 34.3 Å². The van der Waals surface area contributed by atoms with E-state index < -0.39 is 29.7 Å². The van der Waals surface area contributed by atoms with Crippen LogP contribution in [0.4, 0.5) is 8.78 Å². The molecule has 0 unspecified atom stereocenters. The van der Waals surface area contributed by atoms with Crippen molar-refractivity contribution in [3.8, 4) is 0 Å². The van der Waals surface area contributed by atoms with Crippen LogP contribution in [-0.2, 0) is 11.3 Å². The molecule has 0 spiro atoms. The minimum absolute atomic E-state index is 0.100. The fourth-order valence-corrected chi connectivity index (χ4v) is 2.93. The van der Waals surface area contributed by atoms with Crippen molar-refractivity contribution in [2.75, 3.05) is 13.7 Å². The Hall–Kier alpha value is -2.25. The number of aliphatic hydroxyl groups excluding tert-OH is 1. The predicted octanol–water partition coefficient (Wildman–Crippen LogP) is 2.65. The van der Waals surface area contributed by atoms with Crippen molar-refractivity contribution in [3.63, 3.8) is 0 Å². The summed E-state index contributed by atoms with van der Waals surface area (Å²) >= 11 is 0. The van der Waals surface area contributed by atoms with Gasteiger partial charge < -0.3 is 19.2 Å². The zero-order valence-electron chi connectivity index (χ0n) is 13.0. The molecule has 128 valence electrons. The number of halogens is 2. The van der Waals surface area contributed by atoms with Gasteiger partial charge in [0, 0.05) is 13.7 Å². The van der Waals surface area contributed by atoms with Crippen LogP contribution in [0.25, 0.3) is 0 Å². The number of benzene rings is 1. The third kappa shape index (κ3) is 3.18. The van der Waals surface area contributed by atoms with Gasteiger partial charge in [0.2, 0.25) is 0 Å². The summed E-state index contributed by atoms with van der Waals surface area (Å²) in [6.07, 6.45) is -0.483. The number of hydrogen-bond acceptors (Lipinski definition) is 4. The standard InChI is InChI=1S/C17H17F2NO4/c1-23-9-12-3-5-16(24-12)17(22)20-8-11(21)7-15(20)10-2-4-13(18)14(19)6-10/h2-6,11,15,21H,7-9H2,1H3/t11-,15+/m1/s1. The Labute approximate surface area is 137 Å². The largest absolute Gasteiger partial charge is 0.453 e. The number of nitrogens with zero attached hydrogens (tertiary/aromatic N) is 1. The van der Waals surface area contributed by atoms with Gasteiger partial charge in [0.15, 0.2) is 17.4 Å². The fourth-order valence-electron chi connectivity index (χ4n) is 2.93. The molecular weight excluding hydrogens is 320 g/mol. The lowest BCUT2D eigenvalue weighted by molar-refractivity contribution is 0.0676. The molecule has 1 aromatic carbocycles. The maximum Gasteiger partial charge on any atom is 0.290 e. The molecular formula is C17H17F2NO4. The SMILES string of the molecule is COCc1ccc(C(=O)N2C[C@H](O)C[C@H]2c2ccc(F)c(F)c2)o1. The number of hydrogen-bond donors (Lipinski definition) is 1. The van der Waals surface area contributed by atoms with Crippen molar-refractivity contribution in [2.24, 2.45) is 0 Å². The molecule has 24 heavy (non-hydrogen) atoms. The second-order valence-electron chi connectivity index (χ2n) is 5.74. The molecule has 7 heteroatoms. The van der Waals surface area contributed by atoms with E-state index in [1.807, 2.05) is 0 Å². The maximum absolute atomic E-state index is 13.5. The molecule has 1 aliphatic heterocycles. The van der Waals surface area contributed by atoms with Crippen LogP contribution >= 0.6 is 0 Å². The minimum Gasteiger partial charge on any atom is -0.453 e. The van der Waals surface area contributed by atoms with Gasteiger partial charge in [-0.05, 0) is 36.2 Å². The molecule has 5 nitrogen and oxygen atoms in total. The van der Waals surface area contributed by atoms with E-state index in [2.05, 4.69) is 0 Å². The lowest BCUT2D eigenvalue weighted by atomic mass is 10.0. The number of rotatable bonds is 4. The number of amides is 1. The monoisotopic (exact) mass is 337 g/mol. The Bertz CT molecular complexity index is 746. The number of aliphatic hydroxyl groups is 1. The van der Waals surface area contributed by atoms with E-state index in [9.17, 15) is 18.7 Å². The molecule has 1 saturated heterocycles. The first-order valence-electron chi connectivity index (χ1n) is 7.51. The van der Waals surface area contributed by atoms with Crippen molar-refractivity contribution in [1.29, 1.82) is 0 Å². The molecule has 2 atom stereocenters. The van der Waals surface area contributed by atoms with Crippen LogP contribution in [0.2, 0.25) is 0 Å². The summed E-state index contributed by atoms with van der Waals surface area (Å²) in [5.74, 6) is -1.73. The van der Waals surface area contributed by atoms with Crippen LogP contribution in [0.5, 0.6) is 0 Å². The molecule has 0 radical (unpaired) electrons. The zero-order chi connectivity index (χ0) is 17.3. The molecule has 0 bridgehead atoms. The van der Waals surface area contributed by atoms with Crippen LogP contribution in [-0.4, -0.2) is 35.7 Å². The van der Waals surface area contributed by atoms with Gasteiger partial charge in [0.05, 0.1) is 12.1 Å². The van der Waals surface area contributed by atoms with E-state index in [1.165, 1.54) is 24.1 Å². The van der Waals surface area contributed by atoms with E-state index >= 15 is 0 Å². The van der Waals surface area contributed by atoms with Crippen molar-refractivity contribution >= 4 is 5.91 Å². The van der Waals surface area contributed by atoms with Gasteiger partial charge in [0.1, 0.15) is 12.4 Å². The second-order valence-corrected chi connectivity index (χ2v) is 5.74. The lowest BCUT2D eigenvalue weighted by Crippen LogP contribution is -2.31. The van der Waals surface area contributed by atoms with E-state index in [4.69, 9.17) is 9.15 Å². The number of likely N-dealkylation sites (tertiary alicyclic amines) is 1. The molecule has 1 aliphatic rings. The molecule has 1 amide bonds. The Balaban J connectivity index is 1.86. The van der Waals surface area contributed by atoms with Gasteiger partial charge in [-0.15, -0.1) is 0 Å². The summed E-state index contributed by atoms with van der Waals surface area (Å²) in [5.41, 5.74) is 0.433. The van der Waals surface area contributed by atoms with E-state index in [-0.39, 0.29) is 25.3 Å². The summed E-state index contributed by atoms with van der Waals surface area (Å²) in [7, 11) is 1.51. The van der Waals surface area contributed by atoms with Gasteiger partial charge in [-0.2, -0.15) is 0 Å². The third-order valence-electron chi connectivity index (χ3n) is 4.03. The Morgan fingerprint density at radius 2 is 2.12 bits per heavy atom. The minimum atomic E-state index is -0.985. The zero-order valence-corrected chi connectivity index (χ0v) is 13.0. The molecule has 1 N–H and O–H groups in total. The smallest absolute Gasteiger partial charge is 0.290 e. The number of furan rings is 1. The first kappa shape index (κ1) is 16.6. The highest BCUT2D eigenvalue weighted by Crippen LogP contribution is 2.34. The van der Waals surface area contributed by atoms with Crippen LogP contribution in [0.15, 0.2) is 34.7 Å². The summed E-state index contributed by atoms with van der Waals surface area (Å²) in [6.45, 7) is 0.339. The molecule has 0 saturated carbocycles. The van der Waals surface area contributed by atoms with E-state index in [1.54, 1.807) is 6.07 Å². The highest BCUT2D eigenvalue weighted by atomic mass is 19.2.